The second kappa shape index (κ2) is 10.4. The molecule has 2 heterocycles. The Morgan fingerprint density at radius 3 is 2.69 bits per heavy atom. The van der Waals surface area contributed by atoms with E-state index in [1.807, 2.05) is 18.2 Å². The molecule has 1 atom stereocenters. The molecule has 1 unspecified atom stereocenters. The molecule has 4 N–H and O–H groups in total. The SMILES string of the molecule is NCCOCCOCCNCc1ccc2c(c1)CN(C1CCC(=O)NC1=O)C2=O. The summed E-state index contributed by atoms with van der Waals surface area (Å²) in [6.45, 7) is 4.47. The van der Waals surface area contributed by atoms with Crippen LogP contribution in [0.3, 0.4) is 0 Å². The third-order valence-corrected chi connectivity index (χ3v) is 4.97. The van der Waals surface area contributed by atoms with Gasteiger partial charge >= 0.3 is 0 Å². The highest BCUT2D eigenvalue weighted by molar-refractivity contribution is 6.05. The van der Waals surface area contributed by atoms with Crippen molar-refractivity contribution in [1.29, 1.82) is 0 Å². The van der Waals surface area contributed by atoms with Crippen LogP contribution in [0.5, 0.6) is 0 Å². The number of carbonyl (C=O) groups excluding carboxylic acids is 3. The zero-order chi connectivity index (χ0) is 20.6. The molecule has 0 saturated carbocycles. The molecular formula is C20H28N4O5. The lowest BCUT2D eigenvalue weighted by Gasteiger charge is -2.29. The average Bonchev–Trinajstić information content (AvgIpc) is 3.02. The third kappa shape index (κ3) is 5.60. The number of nitrogens with zero attached hydrogens (tertiary/aromatic N) is 1. The highest BCUT2D eigenvalue weighted by atomic mass is 16.5. The van der Waals surface area contributed by atoms with E-state index in [0.29, 0.717) is 64.6 Å². The number of carbonyl (C=O) groups is 3. The molecule has 0 radical (unpaired) electrons. The third-order valence-electron chi connectivity index (χ3n) is 4.97. The maximum absolute atomic E-state index is 12.7. The van der Waals surface area contributed by atoms with Crippen LogP contribution >= 0.6 is 0 Å². The fraction of sp³-hybridized carbons (Fsp3) is 0.550. The van der Waals surface area contributed by atoms with Crippen molar-refractivity contribution in [2.75, 3.05) is 39.5 Å². The van der Waals surface area contributed by atoms with Crippen LogP contribution in [0.25, 0.3) is 0 Å². The van der Waals surface area contributed by atoms with Gasteiger partial charge in [-0.1, -0.05) is 12.1 Å². The Morgan fingerprint density at radius 2 is 1.93 bits per heavy atom. The molecule has 1 aromatic rings. The first-order valence-corrected chi connectivity index (χ1v) is 9.93. The van der Waals surface area contributed by atoms with Crippen LogP contribution in [0, 0.1) is 0 Å². The molecule has 1 saturated heterocycles. The van der Waals surface area contributed by atoms with Crippen LogP contribution in [0.4, 0.5) is 0 Å². The summed E-state index contributed by atoms with van der Waals surface area (Å²) in [6, 6.07) is 5.14. The van der Waals surface area contributed by atoms with Gasteiger partial charge in [0.25, 0.3) is 5.91 Å². The Labute approximate surface area is 169 Å². The molecule has 1 fully saturated rings. The van der Waals surface area contributed by atoms with Gasteiger partial charge in [0.1, 0.15) is 6.04 Å². The second-order valence-corrected chi connectivity index (χ2v) is 7.08. The van der Waals surface area contributed by atoms with Crippen molar-refractivity contribution in [2.45, 2.75) is 32.0 Å². The average molecular weight is 404 g/mol. The molecule has 9 heteroatoms. The van der Waals surface area contributed by atoms with E-state index in [1.54, 1.807) is 4.90 Å². The fourth-order valence-electron chi connectivity index (χ4n) is 3.52. The minimum Gasteiger partial charge on any atom is -0.378 e. The maximum Gasteiger partial charge on any atom is 0.255 e. The molecule has 0 spiro atoms. The molecule has 2 aliphatic heterocycles. The van der Waals surface area contributed by atoms with Gasteiger partial charge in [0, 0.05) is 38.2 Å². The summed E-state index contributed by atoms with van der Waals surface area (Å²) in [6.07, 6.45) is 0.628. The lowest BCUT2D eigenvalue weighted by atomic mass is 10.0. The number of amides is 3. The van der Waals surface area contributed by atoms with Crippen molar-refractivity contribution >= 4 is 17.7 Å². The zero-order valence-corrected chi connectivity index (χ0v) is 16.4. The van der Waals surface area contributed by atoms with Crippen molar-refractivity contribution in [3.8, 4) is 0 Å². The Balaban J connectivity index is 1.44. The Bertz CT molecular complexity index is 754. The number of ether oxygens (including phenoxy) is 2. The van der Waals surface area contributed by atoms with Crippen molar-refractivity contribution in [1.82, 2.24) is 15.5 Å². The fourth-order valence-corrected chi connectivity index (χ4v) is 3.52. The molecule has 9 nitrogen and oxygen atoms in total. The normalized spacial score (nSPS) is 18.9. The summed E-state index contributed by atoms with van der Waals surface area (Å²) in [7, 11) is 0. The largest absolute Gasteiger partial charge is 0.378 e. The molecule has 2 aliphatic rings. The summed E-state index contributed by atoms with van der Waals surface area (Å²) >= 11 is 0. The van der Waals surface area contributed by atoms with Gasteiger partial charge in [0.05, 0.1) is 26.4 Å². The molecule has 0 aromatic heterocycles. The summed E-state index contributed by atoms with van der Waals surface area (Å²) < 4.78 is 10.7. The van der Waals surface area contributed by atoms with Gasteiger partial charge in [-0.2, -0.15) is 0 Å². The lowest BCUT2D eigenvalue weighted by molar-refractivity contribution is -0.136. The monoisotopic (exact) mass is 404 g/mol. The van der Waals surface area contributed by atoms with Crippen LogP contribution in [0.1, 0.15) is 34.3 Å². The number of imide groups is 1. The smallest absolute Gasteiger partial charge is 0.255 e. The van der Waals surface area contributed by atoms with Crippen LogP contribution in [-0.2, 0) is 32.2 Å². The molecule has 158 valence electrons. The Morgan fingerprint density at radius 1 is 1.14 bits per heavy atom. The van der Waals surface area contributed by atoms with E-state index in [2.05, 4.69) is 10.6 Å². The number of nitrogens with two attached hydrogens (primary N) is 1. The van der Waals surface area contributed by atoms with Crippen molar-refractivity contribution in [2.24, 2.45) is 5.73 Å². The van der Waals surface area contributed by atoms with Gasteiger partial charge in [0.15, 0.2) is 0 Å². The predicted octanol–water partition coefficient (Wildman–Crippen LogP) is -0.471. The summed E-state index contributed by atoms with van der Waals surface area (Å²) in [5, 5.41) is 5.62. The van der Waals surface area contributed by atoms with Crippen LogP contribution in [-0.4, -0.2) is 68.2 Å². The first-order valence-electron chi connectivity index (χ1n) is 9.93. The molecule has 0 bridgehead atoms. The number of hydrogen-bond acceptors (Lipinski definition) is 7. The number of rotatable bonds is 11. The first kappa shape index (κ1) is 21.4. The van der Waals surface area contributed by atoms with E-state index in [-0.39, 0.29) is 18.2 Å². The zero-order valence-electron chi connectivity index (χ0n) is 16.4. The van der Waals surface area contributed by atoms with Crippen molar-refractivity contribution in [3.05, 3.63) is 34.9 Å². The second-order valence-electron chi connectivity index (χ2n) is 7.08. The van der Waals surface area contributed by atoms with Gasteiger partial charge in [-0.3, -0.25) is 19.7 Å². The molecule has 1 aromatic carbocycles. The van der Waals surface area contributed by atoms with Gasteiger partial charge in [-0.05, 0) is 23.6 Å². The quantitative estimate of drug-likeness (QED) is 0.337. The number of hydrogen-bond donors (Lipinski definition) is 3. The first-order chi connectivity index (χ1) is 14.1. The Kier molecular flexibility index (Phi) is 7.70. The Hall–Kier alpha value is -2.33. The molecule has 29 heavy (non-hydrogen) atoms. The molecule has 3 amide bonds. The molecular weight excluding hydrogens is 376 g/mol. The maximum atomic E-state index is 12.7. The topological polar surface area (TPSA) is 123 Å². The predicted molar refractivity (Wildman–Crippen MR) is 105 cm³/mol. The molecule has 3 rings (SSSR count). The van der Waals surface area contributed by atoms with E-state index < -0.39 is 11.9 Å². The minimum absolute atomic E-state index is 0.153. The van der Waals surface area contributed by atoms with Crippen LogP contribution in [0.2, 0.25) is 0 Å². The van der Waals surface area contributed by atoms with E-state index in [1.165, 1.54) is 0 Å². The highest BCUT2D eigenvalue weighted by Gasteiger charge is 2.38. The highest BCUT2D eigenvalue weighted by Crippen LogP contribution is 2.28. The van der Waals surface area contributed by atoms with Gasteiger partial charge in [0.2, 0.25) is 11.8 Å². The summed E-state index contributed by atoms with van der Waals surface area (Å²) in [5.41, 5.74) is 7.93. The van der Waals surface area contributed by atoms with Gasteiger partial charge in [-0.25, -0.2) is 0 Å². The van der Waals surface area contributed by atoms with Gasteiger partial charge in [-0.15, -0.1) is 0 Å². The van der Waals surface area contributed by atoms with Crippen LogP contribution in [0.15, 0.2) is 18.2 Å². The van der Waals surface area contributed by atoms with Crippen molar-refractivity contribution < 1.29 is 23.9 Å². The van der Waals surface area contributed by atoms with Crippen LogP contribution < -0.4 is 16.4 Å². The van der Waals surface area contributed by atoms with Crippen molar-refractivity contribution in [3.63, 3.8) is 0 Å². The minimum atomic E-state index is -0.583. The number of fused-ring (bicyclic) bond motifs is 1. The van der Waals surface area contributed by atoms with E-state index in [0.717, 1.165) is 11.1 Å². The number of piperidine rings is 1. The lowest BCUT2D eigenvalue weighted by Crippen LogP contribution is -2.52. The molecule has 0 aliphatic carbocycles. The summed E-state index contributed by atoms with van der Waals surface area (Å²) in [4.78, 5) is 37.7. The summed E-state index contributed by atoms with van der Waals surface area (Å²) in [5.74, 6) is -0.826. The van der Waals surface area contributed by atoms with E-state index in [4.69, 9.17) is 15.2 Å². The number of nitrogens with one attached hydrogen (secondary N) is 2. The van der Waals surface area contributed by atoms with E-state index >= 15 is 0 Å². The van der Waals surface area contributed by atoms with E-state index in [9.17, 15) is 14.4 Å². The standard InChI is InChI=1S/C20H28N4O5/c21-5-7-28-9-10-29-8-6-22-12-14-1-2-16-15(11-14)13-24(20(16)27)17-3-4-18(25)23-19(17)26/h1-2,11,17,22H,3-10,12-13,21H2,(H,23,25,26). The van der Waals surface area contributed by atoms with Gasteiger partial charge < -0.3 is 25.4 Å². The number of benzene rings is 1.